The molecule has 0 radical (unpaired) electrons. The molecule has 10 heteroatoms. The summed E-state index contributed by atoms with van der Waals surface area (Å²) in [5, 5.41) is 8.25. The van der Waals surface area contributed by atoms with E-state index in [2.05, 4.69) is 15.8 Å². The first-order valence-corrected chi connectivity index (χ1v) is 11.4. The number of hydrogen-bond donors (Lipinski definition) is 2. The Morgan fingerprint density at radius 2 is 2.00 bits per heavy atom. The van der Waals surface area contributed by atoms with Crippen molar-refractivity contribution >= 4 is 46.0 Å². The summed E-state index contributed by atoms with van der Waals surface area (Å²) in [6.45, 7) is 2.85. The first-order chi connectivity index (χ1) is 15.6. The summed E-state index contributed by atoms with van der Waals surface area (Å²) in [6, 6.07) is 14.7. The number of nitrogens with one attached hydrogen (secondary N) is 2. The minimum absolute atomic E-state index is 0.149. The van der Waals surface area contributed by atoms with Gasteiger partial charge in [-0.25, -0.2) is 0 Å². The number of rotatable bonds is 7. The summed E-state index contributed by atoms with van der Waals surface area (Å²) in [5.41, 5.74) is 4.44. The maximum Gasteiger partial charge on any atom is 0.276 e. The molecule has 0 fully saturated rings. The Morgan fingerprint density at radius 1 is 1.22 bits per heavy atom. The van der Waals surface area contributed by atoms with Crippen molar-refractivity contribution in [3.8, 4) is 5.75 Å². The van der Waals surface area contributed by atoms with Crippen molar-refractivity contribution in [2.24, 2.45) is 5.10 Å². The van der Waals surface area contributed by atoms with Crippen LogP contribution >= 0.6 is 23.4 Å². The average molecular weight is 472 g/mol. The molecular formula is C22H22ClN5O3S. The number of nitrogens with zero attached hydrogens (tertiary/aromatic N) is 3. The molecule has 2 aromatic carbocycles. The topological polar surface area (TPSA) is 86.3 Å². The van der Waals surface area contributed by atoms with Gasteiger partial charge in [-0.15, -0.1) is 0 Å². The molecule has 0 aromatic heterocycles. The minimum Gasteiger partial charge on any atom is -0.494 e. The van der Waals surface area contributed by atoms with Gasteiger partial charge in [0.2, 0.25) is 12.1 Å². The van der Waals surface area contributed by atoms with E-state index in [1.807, 2.05) is 49.4 Å². The fraction of sp³-hybridized carbons (Fsp3) is 0.227. The molecule has 0 saturated heterocycles. The van der Waals surface area contributed by atoms with Crippen LogP contribution in [0.25, 0.3) is 0 Å². The number of fused-ring (bicyclic) bond motifs is 1. The van der Waals surface area contributed by atoms with Gasteiger partial charge in [0.05, 0.1) is 12.4 Å². The number of amidine groups is 1. The van der Waals surface area contributed by atoms with Crippen LogP contribution in [-0.4, -0.2) is 40.4 Å². The second-order valence-corrected chi connectivity index (χ2v) is 8.27. The lowest BCUT2D eigenvalue weighted by Crippen LogP contribution is -2.52. The normalized spacial score (nSPS) is 17.0. The van der Waals surface area contributed by atoms with Crippen LogP contribution in [0.4, 0.5) is 5.69 Å². The molecule has 8 nitrogen and oxygen atoms in total. The van der Waals surface area contributed by atoms with E-state index >= 15 is 0 Å². The molecule has 32 heavy (non-hydrogen) atoms. The van der Waals surface area contributed by atoms with Gasteiger partial charge in [-0.05, 0) is 42.8 Å². The monoisotopic (exact) mass is 471 g/mol. The Labute approximate surface area is 195 Å². The van der Waals surface area contributed by atoms with Crippen LogP contribution < -0.4 is 20.4 Å². The van der Waals surface area contributed by atoms with Crippen LogP contribution in [0.15, 0.2) is 66.0 Å². The molecule has 2 aliphatic rings. The van der Waals surface area contributed by atoms with Crippen molar-refractivity contribution in [2.75, 3.05) is 17.3 Å². The van der Waals surface area contributed by atoms with E-state index in [0.717, 1.165) is 17.0 Å². The molecule has 2 aliphatic heterocycles. The number of hydrazone groups is 1. The second kappa shape index (κ2) is 9.97. The largest absolute Gasteiger partial charge is 0.494 e. The molecule has 2 amide bonds. The number of hydrogen-bond acceptors (Lipinski definition) is 7. The summed E-state index contributed by atoms with van der Waals surface area (Å²) >= 11 is 7.37. The Hall–Kier alpha value is -3.17. The zero-order chi connectivity index (χ0) is 22.5. The molecule has 0 bridgehead atoms. The summed E-state index contributed by atoms with van der Waals surface area (Å²) in [5.74, 6) is 0.599. The molecule has 2 aromatic rings. The lowest BCUT2D eigenvalue weighted by Gasteiger charge is -2.31. The number of amides is 2. The van der Waals surface area contributed by atoms with Gasteiger partial charge in [0.15, 0.2) is 5.17 Å². The van der Waals surface area contributed by atoms with Crippen LogP contribution in [0.1, 0.15) is 12.5 Å². The molecule has 2 N–H and O–H groups in total. The highest BCUT2D eigenvalue weighted by atomic mass is 35.5. The number of halogens is 1. The van der Waals surface area contributed by atoms with Crippen molar-refractivity contribution in [3.05, 3.63) is 71.5 Å². The van der Waals surface area contributed by atoms with Gasteiger partial charge in [-0.2, -0.15) is 5.10 Å². The fourth-order valence-electron chi connectivity index (χ4n) is 3.22. The number of carbonyl (C=O) groups excluding carboxylic acids is 2. The highest BCUT2D eigenvalue weighted by Crippen LogP contribution is 2.27. The molecule has 0 aliphatic carbocycles. The quantitative estimate of drug-likeness (QED) is 0.645. The minimum atomic E-state index is -0.653. The Bertz CT molecular complexity index is 1060. The van der Waals surface area contributed by atoms with Crippen LogP contribution in [-0.2, 0) is 16.1 Å². The molecule has 2 heterocycles. The van der Waals surface area contributed by atoms with Crippen molar-refractivity contribution in [1.29, 1.82) is 0 Å². The SMILES string of the molecule is CCOc1ccc(N2C=CN3C(SCC(=O)NCc4ccccc4Cl)=NNC3C2=O)cc1. The van der Waals surface area contributed by atoms with Gasteiger partial charge in [-0.1, -0.05) is 41.6 Å². The zero-order valence-electron chi connectivity index (χ0n) is 17.3. The van der Waals surface area contributed by atoms with Crippen LogP contribution in [0, 0.1) is 0 Å². The average Bonchev–Trinajstić information content (AvgIpc) is 3.22. The Kier molecular flexibility index (Phi) is 6.87. The molecule has 4 rings (SSSR count). The van der Waals surface area contributed by atoms with Crippen molar-refractivity contribution in [1.82, 2.24) is 15.6 Å². The lowest BCUT2D eigenvalue weighted by atomic mass is 10.2. The highest BCUT2D eigenvalue weighted by Gasteiger charge is 2.38. The smallest absolute Gasteiger partial charge is 0.276 e. The van der Waals surface area contributed by atoms with Crippen LogP contribution in [0.5, 0.6) is 5.75 Å². The fourth-order valence-corrected chi connectivity index (χ4v) is 4.22. The molecule has 0 spiro atoms. The van der Waals surface area contributed by atoms with Crippen LogP contribution in [0.3, 0.4) is 0 Å². The van der Waals surface area contributed by atoms with Gasteiger partial charge < -0.3 is 10.1 Å². The Morgan fingerprint density at radius 3 is 2.75 bits per heavy atom. The number of thioether (sulfide) groups is 1. The lowest BCUT2D eigenvalue weighted by molar-refractivity contribution is -0.122. The van der Waals surface area contributed by atoms with E-state index in [-0.39, 0.29) is 17.6 Å². The van der Waals surface area contributed by atoms with Crippen molar-refractivity contribution in [2.45, 2.75) is 19.6 Å². The van der Waals surface area contributed by atoms with E-state index in [1.54, 1.807) is 28.3 Å². The number of anilines is 1. The van der Waals surface area contributed by atoms with E-state index < -0.39 is 6.17 Å². The predicted octanol–water partition coefficient (Wildman–Crippen LogP) is 3.11. The Balaban J connectivity index is 1.32. The summed E-state index contributed by atoms with van der Waals surface area (Å²) in [6.07, 6.45) is 2.81. The van der Waals surface area contributed by atoms with Gasteiger partial charge in [0.25, 0.3) is 5.91 Å². The van der Waals surface area contributed by atoms with Crippen LogP contribution in [0.2, 0.25) is 5.02 Å². The second-order valence-electron chi connectivity index (χ2n) is 6.92. The maximum absolute atomic E-state index is 13.0. The summed E-state index contributed by atoms with van der Waals surface area (Å²) < 4.78 is 5.45. The zero-order valence-corrected chi connectivity index (χ0v) is 18.9. The van der Waals surface area contributed by atoms with Gasteiger partial charge >= 0.3 is 0 Å². The van der Waals surface area contributed by atoms with Gasteiger partial charge in [-0.3, -0.25) is 24.8 Å². The number of ether oxygens (including phenoxy) is 1. The maximum atomic E-state index is 13.0. The van der Waals surface area contributed by atoms with Gasteiger partial charge in [0.1, 0.15) is 5.75 Å². The third-order valence-electron chi connectivity index (χ3n) is 4.82. The van der Waals surface area contributed by atoms with Crippen molar-refractivity contribution < 1.29 is 14.3 Å². The van der Waals surface area contributed by atoms with E-state index in [9.17, 15) is 9.59 Å². The highest BCUT2D eigenvalue weighted by molar-refractivity contribution is 8.14. The molecule has 166 valence electrons. The number of carbonyl (C=O) groups is 2. The standard InChI is InChI=1S/C22H22ClN5O3S/c1-2-31-17-9-7-16(8-10-17)27-11-12-28-20(21(27)30)25-26-22(28)32-14-19(29)24-13-15-5-3-4-6-18(15)23/h3-12,20,25H,2,13-14H2,1H3,(H,24,29). The van der Waals surface area contributed by atoms with E-state index in [4.69, 9.17) is 16.3 Å². The summed E-state index contributed by atoms with van der Waals surface area (Å²) in [7, 11) is 0. The van der Waals surface area contributed by atoms with Gasteiger partial charge in [0, 0.05) is 29.7 Å². The number of benzene rings is 2. The van der Waals surface area contributed by atoms with E-state index in [1.165, 1.54) is 11.8 Å². The van der Waals surface area contributed by atoms with Crippen molar-refractivity contribution in [3.63, 3.8) is 0 Å². The first kappa shape index (κ1) is 22.0. The molecular weight excluding hydrogens is 450 g/mol. The first-order valence-electron chi connectivity index (χ1n) is 10.1. The third-order valence-corrected chi connectivity index (χ3v) is 6.16. The predicted molar refractivity (Wildman–Crippen MR) is 126 cm³/mol. The van der Waals surface area contributed by atoms with E-state index in [0.29, 0.717) is 23.3 Å². The molecule has 0 saturated carbocycles. The molecule has 1 atom stereocenters. The summed E-state index contributed by atoms with van der Waals surface area (Å²) in [4.78, 5) is 28.5. The third kappa shape index (κ3) is 4.84. The molecule has 1 unspecified atom stereocenters.